The SMILES string of the molecule is Cc1ccc(CCNS(=O)(=O)c2cccc3cccnc23)c(C)c1. The van der Waals surface area contributed by atoms with Crippen LogP contribution in [0.5, 0.6) is 0 Å². The van der Waals surface area contributed by atoms with E-state index < -0.39 is 10.0 Å². The summed E-state index contributed by atoms with van der Waals surface area (Å²) < 4.78 is 27.9. The van der Waals surface area contributed by atoms with Crippen LogP contribution >= 0.6 is 0 Å². The van der Waals surface area contributed by atoms with Gasteiger partial charge in [-0.15, -0.1) is 0 Å². The van der Waals surface area contributed by atoms with Crippen molar-refractivity contribution in [1.82, 2.24) is 9.71 Å². The van der Waals surface area contributed by atoms with Crippen LogP contribution in [0.15, 0.2) is 59.6 Å². The summed E-state index contributed by atoms with van der Waals surface area (Å²) in [5.41, 5.74) is 4.04. The van der Waals surface area contributed by atoms with Gasteiger partial charge in [0.15, 0.2) is 0 Å². The van der Waals surface area contributed by atoms with E-state index >= 15 is 0 Å². The molecule has 0 fully saturated rings. The summed E-state index contributed by atoms with van der Waals surface area (Å²) in [7, 11) is -3.59. The van der Waals surface area contributed by atoms with Crippen LogP contribution in [0.1, 0.15) is 16.7 Å². The molecule has 1 heterocycles. The first kappa shape index (κ1) is 16.6. The monoisotopic (exact) mass is 340 g/mol. The minimum atomic E-state index is -3.59. The molecule has 3 rings (SSSR count). The van der Waals surface area contributed by atoms with E-state index in [-0.39, 0.29) is 4.90 Å². The van der Waals surface area contributed by atoms with Crippen LogP contribution in [0.4, 0.5) is 0 Å². The van der Waals surface area contributed by atoms with E-state index in [1.807, 2.05) is 32.0 Å². The zero-order valence-corrected chi connectivity index (χ0v) is 14.6. The van der Waals surface area contributed by atoms with Gasteiger partial charge in [-0.05, 0) is 43.5 Å². The number of aryl methyl sites for hydroxylation is 2. The lowest BCUT2D eigenvalue weighted by Crippen LogP contribution is -2.26. The van der Waals surface area contributed by atoms with Crippen molar-refractivity contribution in [2.75, 3.05) is 6.54 Å². The Hall–Kier alpha value is -2.24. The first-order valence-corrected chi connectivity index (χ1v) is 9.35. The van der Waals surface area contributed by atoms with Crippen molar-refractivity contribution in [2.45, 2.75) is 25.2 Å². The Morgan fingerprint density at radius 1 is 1.04 bits per heavy atom. The maximum Gasteiger partial charge on any atom is 0.242 e. The second-order valence-electron chi connectivity index (χ2n) is 5.91. The second-order valence-corrected chi connectivity index (χ2v) is 7.64. The minimum Gasteiger partial charge on any atom is -0.255 e. The number of rotatable bonds is 5. The Bertz CT molecular complexity index is 976. The van der Waals surface area contributed by atoms with E-state index in [1.165, 1.54) is 11.1 Å². The van der Waals surface area contributed by atoms with Crippen molar-refractivity contribution in [1.29, 1.82) is 0 Å². The maximum absolute atomic E-state index is 12.6. The number of pyridine rings is 1. The molecule has 0 atom stereocenters. The number of hydrogen-bond acceptors (Lipinski definition) is 3. The minimum absolute atomic E-state index is 0.223. The second kappa shape index (κ2) is 6.71. The molecule has 0 spiro atoms. The fourth-order valence-electron chi connectivity index (χ4n) is 2.82. The van der Waals surface area contributed by atoms with Gasteiger partial charge in [0.1, 0.15) is 4.90 Å². The molecule has 124 valence electrons. The van der Waals surface area contributed by atoms with Crippen molar-refractivity contribution in [2.24, 2.45) is 0 Å². The van der Waals surface area contributed by atoms with E-state index in [9.17, 15) is 8.42 Å². The molecule has 4 nitrogen and oxygen atoms in total. The molecule has 0 amide bonds. The highest BCUT2D eigenvalue weighted by Crippen LogP contribution is 2.20. The summed E-state index contributed by atoms with van der Waals surface area (Å²) in [5, 5.41) is 0.815. The van der Waals surface area contributed by atoms with E-state index in [0.717, 1.165) is 10.9 Å². The van der Waals surface area contributed by atoms with Crippen molar-refractivity contribution >= 4 is 20.9 Å². The molecule has 5 heteroatoms. The van der Waals surface area contributed by atoms with Crippen LogP contribution < -0.4 is 4.72 Å². The average Bonchev–Trinajstić information content (AvgIpc) is 2.56. The molecule has 24 heavy (non-hydrogen) atoms. The Balaban J connectivity index is 1.78. The molecule has 0 aliphatic rings. The number of hydrogen-bond donors (Lipinski definition) is 1. The van der Waals surface area contributed by atoms with Gasteiger partial charge in [0.2, 0.25) is 10.0 Å². The highest BCUT2D eigenvalue weighted by atomic mass is 32.2. The number of benzene rings is 2. The number of fused-ring (bicyclic) bond motifs is 1. The van der Waals surface area contributed by atoms with Crippen molar-refractivity contribution in [3.05, 3.63) is 71.4 Å². The van der Waals surface area contributed by atoms with Gasteiger partial charge >= 0.3 is 0 Å². The fourth-order valence-corrected chi connectivity index (χ4v) is 4.03. The zero-order chi connectivity index (χ0) is 17.2. The number of aromatic nitrogens is 1. The smallest absolute Gasteiger partial charge is 0.242 e. The molecule has 0 saturated heterocycles. The molecule has 1 aromatic heterocycles. The van der Waals surface area contributed by atoms with Crippen LogP contribution in [-0.2, 0) is 16.4 Å². The quantitative estimate of drug-likeness (QED) is 0.775. The van der Waals surface area contributed by atoms with Gasteiger partial charge in [-0.2, -0.15) is 0 Å². The number of nitrogens with zero attached hydrogens (tertiary/aromatic N) is 1. The highest BCUT2D eigenvalue weighted by molar-refractivity contribution is 7.89. The summed E-state index contributed by atoms with van der Waals surface area (Å²) in [6.07, 6.45) is 2.26. The predicted octanol–water partition coefficient (Wildman–Crippen LogP) is 3.37. The lowest BCUT2D eigenvalue weighted by molar-refractivity contribution is 0.582. The number of para-hydroxylation sites is 1. The first-order chi connectivity index (χ1) is 11.5. The summed E-state index contributed by atoms with van der Waals surface area (Å²) >= 11 is 0. The summed E-state index contributed by atoms with van der Waals surface area (Å²) in [6, 6.07) is 15.1. The summed E-state index contributed by atoms with van der Waals surface area (Å²) in [5.74, 6) is 0. The van der Waals surface area contributed by atoms with Gasteiger partial charge in [-0.3, -0.25) is 4.98 Å². The van der Waals surface area contributed by atoms with Gasteiger partial charge in [-0.25, -0.2) is 13.1 Å². The average molecular weight is 340 g/mol. The third-order valence-corrected chi connectivity index (χ3v) is 5.56. The molecular formula is C19H20N2O2S. The fraction of sp³-hybridized carbons (Fsp3) is 0.211. The molecule has 2 aromatic carbocycles. The maximum atomic E-state index is 12.6. The van der Waals surface area contributed by atoms with Crippen molar-refractivity contribution in [3.8, 4) is 0 Å². The van der Waals surface area contributed by atoms with Crippen molar-refractivity contribution in [3.63, 3.8) is 0 Å². The molecule has 0 saturated carbocycles. The molecule has 0 unspecified atom stereocenters. The lowest BCUT2D eigenvalue weighted by Gasteiger charge is -2.10. The van der Waals surface area contributed by atoms with E-state index in [1.54, 1.807) is 24.4 Å². The molecule has 0 bridgehead atoms. The Kier molecular flexibility index (Phi) is 4.64. The van der Waals surface area contributed by atoms with Crippen LogP contribution in [0, 0.1) is 13.8 Å². The Morgan fingerprint density at radius 2 is 1.83 bits per heavy atom. The molecule has 1 N–H and O–H groups in total. The summed E-state index contributed by atoms with van der Waals surface area (Å²) in [4.78, 5) is 4.44. The molecule has 0 aliphatic carbocycles. The van der Waals surface area contributed by atoms with Crippen LogP contribution in [0.2, 0.25) is 0 Å². The molecule has 0 aliphatic heterocycles. The predicted molar refractivity (Wildman–Crippen MR) is 96.6 cm³/mol. The standard InChI is InChI=1S/C19H20N2O2S/c1-14-8-9-16(15(2)13-14)10-12-21-24(22,23)18-7-3-5-17-6-4-11-20-19(17)18/h3-9,11,13,21H,10,12H2,1-2H3. The molecule has 3 aromatic rings. The van der Waals surface area contributed by atoms with Gasteiger partial charge in [0.25, 0.3) is 0 Å². The third kappa shape index (κ3) is 3.47. The van der Waals surface area contributed by atoms with Gasteiger partial charge in [0, 0.05) is 18.1 Å². The van der Waals surface area contributed by atoms with Crippen molar-refractivity contribution < 1.29 is 8.42 Å². The van der Waals surface area contributed by atoms with E-state index in [4.69, 9.17) is 0 Å². The summed E-state index contributed by atoms with van der Waals surface area (Å²) in [6.45, 7) is 4.45. The van der Waals surface area contributed by atoms with E-state index in [2.05, 4.69) is 21.8 Å². The van der Waals surface area contributed by atoms with Crippen LogP contribution in [0.3, 0.4) is 0 Å². The molecule has 0 radical (unpaired) electrons. The lowest BCUT2D eigenvalue weighted by atomic mass is 10.0. The van der Waals surface area contributed by atoms with E-state index in [0.29, 0.717) is 18.5 Å². The molecular weight excluding hydrogens is 320 g/mol. The zero-order valence-electron chi connectivity index (χ0n) is 13.8. The van der Waals surface area contributed by atoms with Gasteiger partial charge < -0.3 is 0 Å². The Morgan fingerprint density at radius 3 is 2.62 bits per heavy atom. The normalized spacial score (nSPS) is 11.8. The first-order valence-electron chi connectivity index (χ1n) is 7.87. The Labute approximate surface area is 142 Å². The van der Waals surface area contributed by atoms with Crippen LogP contribution in [0.25, 0.3) is 10.9 Å². The van der Waals surface area contributed by atoms with Crippen LogP contribution in [-0.4, -0.2) is 19.9 Å². The number of sulfonamides is 1. The highest BCUT2D eigenvalue weighted by Gasteiger charge is 2.17. The van der Waals surface area contributed by atoms with Gasteiger partial charge in [0.05, 0.1) is 5.52 Å². The van der Waals surface area contributed by atoms with Gasteiger partial charge in [-0.1, -0.05) is 42.0 Å². The largest absolute Gasteiger partial charge is 0.255 e. The third-order valence-electron chi connectivity index (χ3n) is 4.07. The number of nitrogens with one attached hydrogen (secondary N) is 1. The topological polar surface area (TPSA) is 59.1 Å².